The Morgan fingerprint density at radius 3 is 2.44 bits per heavy atom. The average molecular weight is 445 g/mol. The first kappa shape index (κ1) is 22.0. The average Bonchev–Trinajstić information content (AvgIpc) is 3.22. The normalized spacial score (nSPS) is 14.7. The monoisotopic (exact) mass is 444 g/mol. The minimum Gasteiger partial charge on any atom is -0.460 e. The van der Waals surface area contributed by atoms with E-state index in [0.717, 1.165) is 72.7 Å². The molecule has 0 radical (unpaired) electrons. The highest BCUT2D eigenvalue weighted by atomic mass is 35.5. The summed E-state index contributed by atoms with van der Waals surface area (Å²) in [6, 6.07) is 22.6. The van der Waals surface area contributed by atoms with E-state index in [1.807, 2.05) is 30.5 Å². The Hall–Kier alpha value is -3.17. The number of fused-ring (bicyclic) bond motifs is 1. The van der Waals surface area contributed by atoms with Crippen molar-refractivity contribution in [1.82, 2.24) is 14.8 Å². The quantitative estimate of drug-likeness (QED) is 0.428. The van der Waals surface area contributed by atoms with Gasteiger partial charge in [-0.1, -0.05) is 24.3 Å². The summed E-state index contributed by atoms with van der Waals surface area (Å²) in [6.07, 6.45) is 3.68. The SMILES string of the molecule is Cl.N#Cc1cccc(CN2CCN(Cc3cc4cc(-c5cccnc5)ccc4o3)CC2)c1. The van der Waals surface area contributed by atoms with Gasteiger partial charge in [-0.05, 0) is 47.5 Å². The van der Waals surface area contributed by atoms with E-state index in [9.17, 15) is 0 Å². The second kappa shape index (κ2) is 9.97. The first-order chi connectivity index (χ1) is 15.3. The Morgan fingerprint density at radius 1 is 0.875 bits per heavy atom. The first-order valence-corrected chi connectivity index (χ1v) is 10.6. The van der Waals surface area contributed by atoms with E-state index < -0.39 is 0 Å². The molecule has 3 heterocycles. The molecular formula is C26H25ClN4O. The topological polar surface area (TPSA) is 56.3 Å². The van der Waals surface area contributed by atoms with Gasteiger partial charge < -0.3 is 4.42 Å². The molecular weight excluding hydrogens is 420 g/mol. The molecule has 0 bridgehead atoms. The molecule has 1 aliphatic heterocycles. The third kappa shape index (κ3) is 5.00. The predicted octanol–water partition coefficient (Wildman–Crippen LogP) is 5.11. The van der Waals surface area contributed by atoms with Crippen LogP contribution in [0.2, 0.25) is 0 Å². The van der Waals surface area contributed by atoms with Gasteiger partial charge in [0.1, 0.15) is 11.3 Å². The van der Waals surface area contributed by atoms with E-state index in [1.165, 1.54) is 5.56 Å². The zero-order valence-electron chi connectivity index (χ0n) is 17.8. The van der Waals surface area contributed by atoms with Crippen LogP contribution in [0.25, 0.3) is 22.1 Å². The van der Waals surface area contributed by atoms with Gasteiger partial charge in [-0.25, -0.2) is 0 Å². The van der Waals surface area contributed by atoms with E-state index in [-0.39, 0.29) is 12.4 Å². The maximum absolute atomic E-state index is 9.09. The number of halogens is 1. The highest BCUT2D eigenvalue weighted by molar-refractivity contribution is 5.85. The fourth-order valence-electron chi connectivity index (χ4n) is 4.21. The summed E-state index contributed by atoms with van der Waals surface area (Å²) in [5.74, 6) is 1.01. The Kier molecular flexibility index (Phi) is 6.87. The molecule has 0 unspecified atom stereocenters. The second-order valence-electron chi connectivity index (χ2n) is 8.07. The zero-order chi connectivity index (χ0) is 21.0. The third-order valence-electron chi connectivity index (χ3n) is 5.87. The van der Waals surface area contributed by atoms with Crippen LogP contribution in [0.4, 0.5) is 0 Å². The molecule has 1 fully saturated rings. The van der Waals surface area contributed by atoms with Crippen LogP contribution in [0.3, 0.4) is 0 Å². The van der Waals surface area contributed by atoms with Crippen LogP contribution in [-0.2, 0) is 13.1 Å². The van der Waals surface area contributed by atoms with Crippen LogP contribution in [0.1, 0.15) is 16.9 Å². The standard InChI is InChI=1S/C26H24N4O.ClH/c27-16-20-3-1-4-21(13-20)18-29-9-11-30(12-10-29)19-25-15-24-14-22(6-7-26(24)31-25)23-5-2-8-28-17-23;/h1-8,13-15,17H,9-12,18-19H2;1H. The minimum absolute atomic E-state index is 0. The van der Waals surface area contributed by atoms with Gasteiger partial charge >= 0.3 is 0 Å². The fourth-order valence-corrected chi connectivity index (χ4v) is 4.21. The van der Waals surface area contributed by atoms with Crippen molar-refractivity contribution in [1.29, 1.82) is 5.26 Å². The van der Waals surface area contributed by atoms with Crippen LogP contribution >= 0.6 is 12.4 Å². The van der Waals surface area contributed by atoms with E-state index in [0.29, 0.717) is 0 Å². The van der Waals surface area contributed by atoms with Gasteiger partial charge in [0.05, 0.1) is 18.2 Å². The van der Waals surface area contributed by atoms with Crippen LogP contribution in [0.5, 0.6) is 0 Å². The molecule has 6 heteroatoms. The smallest absolute Gasteiger partial charge is 0.134 e. The molecule has 5 rings (SSSR count). The van der Waals surface area contributed by atoms with Crippen LogP contribution in [-0.4, -0.2) is 41.0 Å². The highest BCUT2D eigenvalue weighted by Crippen LogP contribution is 2.27. The van der Waals surface area contributed by atoms with Gasteiger partial charge in [-0.3, -0.25) is 14.8 Å². The van der Waals surface area contributed by atoms with Crippen molar-refractivity contribution in [2.45, 2.75) is 13.1 Å². The molecule has 4 aromatic rings. The summed E-state index contributed by atoms with van der Waals surface area (Å²) in [7, 11) is 0. The lowest BCUT2D eigenvalue weighted by Crippen LogP contribution is -2.45. The van der Waals surface area contributed by atoms with Crippen molar-refractivity contribution in [3.63, 3.8) is 0 Å². The molecule has 0 aliphatic carbocycles. The summed E-state index contributed by atoms with van der Waals surface area (Å²) in [6.45, 7) is 5.77. The number of nitriles is 1. The van der Waals surface area contributed by atoms with E-state index in [1.54, 1.807) is 6.20 Å². The van der Waals surface area contributed by atoms with E-state index in [2.05, 4.69) is 57.3 Å². The zero-order valence-corrected chi connectivity index (χ0v) is 18.6. The Bertz CT molecular complexity index is 1220. The fraction of sp³-hybridized carbons (Fsp3) is 0.231. The number of benzene rings is 2. The van der Waals surface area contributed by atoms with Gasteiger partial charge in [-0.15, -0.1) is 12.4 Å². The summed E-state index contributed by atoms with van der Waals surface area (Å²) in [5, 5.41) is 10.2. The van der Waals surface area contributed by atoms with Gasteiger partial charge in [-0.2, -0.15) is 5.26 Å². The van der Waals surface area contributed by atoms with Crippen molar-refractivity contribution in [3.05, 3.63) is 89.9 Å². The lowest BCUT2D eigenvalue weighted by Gasteiger charge is -2.34. The van der Waals surface area contributed by atoms with Crippen LogP contribution in [0.15, 0.2) is 77.5 Å². The van der Waals surface area contributed by atoms with Crippen molar-refractivity contribution < 1.29 is 4.42 Å². The van der Waals surface area contributed by atoms with Crippen LogP contribution in [0, 0.1) is 11.3 Å². The van der Waals surface area contributed by atoms with Gasteiger partial charge in [0.15, 0.2) is 0 Å². The first-order valence-electron chi connectivity index (χ1n) is 10.6. The van der Waals surface area contributed by atoms with Crippen LogP contribution < -0.4 is 0 Å². The summed E-state index contributed by atoms with van der Waals surface area (Å²) >= 11 is 0. The number of furan rings is 1. The summed E-state index contributed by atoms with van der Waals surface area (Å²) < 4.78 is 6.11. The molecule has 5 nitrogen and oxygen atoms in total. The lowest BCUT2D eigenvalue weighted by molar-refractivity contribution is 0.116. The molecule has 2 aromatic heterocycles. The lowest BCUT2D eigenvalue weighted by atomic mass is 10.1. The Labute approximate surface area is 194 Å². The van der Waals surface area contributed by atoms with E-state index in [4.69, 9.17) is 9.68 Å². The number of aromatic nitrogens is 1. The largest absolute Gasteiger partial charge is 0.460 e. The molecule has 1 aliphatic rings. The Balaban J connectivity index is 0.00000245. The number of rotatable bonds is 5. The van der Waals surface area contributed by atoms with E-state index >= 15 is 0 Å². The highest BCUT2D eigenvalue weighted by Gasteiger charge is 2.18. The number of piperazine rings is 1. The molecule has 0 amide bonds. The number of pyridine rings is 1. The number of hydrogen-bond acceptors (Lipinski definition) is 5. The maximum atomic E-state index is 9.09. The maximum Gasteiger partial charge on any atom is 0.134 e. The molecule has 0 saturated carbocycles. The number of hydrogen-bond donors (Lipinski definition) is 0. The molecule has 2 aromatic carbocycles. The van der Waals surface area contributed by atoms with Crippen molar-refractivity contribution >= 4 is 23.4 Å². The second-order valence-corrected chi connectivity index (χ2v) is 8.07. The van der Waals surface area contributed by atoms with Gasteiger partial charge in [0.25, 0.3) is 0 Å². The summed E-state index contributed by atoms with van der Waals surface area (Å²) in [4.78, 5) is 9.11. The molecule has 1 saturated heterocycles. The van der Waals surface area contributed by atoms with Crippen molar-refractivity contribution in [2.75, 3.05) is 26.2 Å². The minimum atomic E-state index is 0. The van der Waals surface area contributed by atoms with Gasteiger partial charge in [0, 0.05) is 56.1 Å². The molecule has 32 heavy (non-hydrogen) atoms. The van der Waals surface area contributed by atoms with Gasteiger partial charge in [0.2, 0.25) is 0 Å². The molecule has 0 atom stereocenters. The summed E-state index contributed by atoms with van der Waals surface area (Å²) in [5.41, 5.74) is 5.13. The molecule has 0 spiro atoms. The molecule has 0 N–H and O–H groups in total. The number of nitrogens with zero attached hydrogens (tertiary/aromatic N) is 4. The Morgan fingerprint density at radius 2 is 1.69 bits per heavy atom. The van der Waals surface area contributed by atoms with Crippen molar-refractivity contribution in [3.8, 4) is 17.2 Å². The molecule has 162 valence electrons. The predicted molar refractivity (Wildman–Crippen MR) is 128 cm³/mol. The third-order valence-corrected chi connectivity index (χ3v) is 5.87. The van der Waals surface area contributed by atoms with Crippen molar-refractivity contribution in [2.24, 2.45) is 0 Å².